The lowest BCUT2D eigenvalue weighted by atomic mass is 9.99. The van der Waals surface area contributed by atoms with Gasteiger partial charge in [-0.3, -0.25) is 4.79 Å². The number of nitrogen functional groups attached to an aromatic ring is 2. The predicted molar refractivity (Wildman–Crippen MR) is 80.2 cm³/mol. The first-order valence-electron chi connectivity index (χ1n) is 6.66. The summed E-state index contributed by atoms with van der Waals surface area (Å²) in [4.78, 5) is 14.4. The molecule has 3 rings (SSSR count). The fraction of sp³-hybridized carbons (Fsp3) is 0.188. The molecule has 2 aromatic carbocycles. The SMILES string of the molecule is Nc1ccc(C(=O)N2CCc3ccccc3C2)cc1N. The Balaban J connectivity index is 1.84. The van der Waals surface area contributed by atoms with Crippen LogP contribution < -0.4 is 11.5 Å². The Bertz CT molecular complexity index is 667. The smallest absolute Gasteiger partial charge is 0.254 e. The molecule has 102 valence electrons. The molecule has 1 aliphatic rings. The molecule has 2 aromatic rings. The number of rotatable bonds is 1. The van der Waals surface area contributed by atoms with E-state index in [9.17, 15) is 4.79 Å². The van der Waals surface area contributed by atoms with E-state index in [4.69, 9.17) is 11.5 Å². The Morgan fingerprint density at radius 1 is 1.00 bits per heavy atom. The lowest BCUT2D eigenvalue weighted by Gasteiger charge is -2.29. The first-order valence-corrected chi connectivity index (χ1v) is 6.66. The monoisotopic (exact) mass is 267 g/mol. The van der Waals surface area contributed by atoms with E-state index in [1.165, 1.54) is 11.1 Å². The summed E-state index contributed by atoms with van der Waals surface area (Å²) >= 11 is 0. The van der Waals surface area contributed by atoms with Crippen molar-refractivity contribution in [2.75, 3.05) is 18.0 Å². The number of carbonyl (C=O) groups excluding carboxylic acids is 1. The summed E-state index contributed by atoms with van der Waals surface area (Å²) in [5, 5.41) is 0. The molecule has 0 bridgehead atoms. The van der Waals surface area contributed by atoms with Crippen LogP contribution in [0.15, 0.2) is 42.5 Å². The van der Waals surface area contributed by atoms with Crippen molar-refractivity contribution >= 4 is 17.3 Å². The van der Waals surface area contributed by atoms with Gasteiger partial charge in [0.1, 0.15) is 0 Å². The van der Waals surface area contributed by atoms with E-state index in [1.54, 1.807) is 18.2 Å². The molecule has 0 atom stereocenters. The molecule has 4 N–H and O–H groups in total. The summed E-state index contributed by atoms with van der Waals surface area (Å²) in [5.41, 5.74) is 15.5. The van der Waals surface area contributed by atoms with Crippen LogP contribution in [0.5, 0.6) is 0 Å². The lowest BCUT2D eigenvalue weighted by Crippen LogP contribution is -2.35. The number of hydrogen-bond donors (Lipinski definition) is 2. The topological polar surface area (TPSA) is 72.4 Å². The van der Waals surface area contributed by atoms with Gasteiger partial charge in [-0.05, 0) is 35.7 Å². The molecule has 0 aliphatic carbocycles. The number of anilines is 2. The molecule has 4 nitrogen and oxygen atoms in total. The number of hydrogen-bond acceptors (Lipinski definition) is 3. The van der Waals surface area contributed by atoms with Crippen LogP contribution in [-0.4, -0.2) is 17.4 Å². The minimum atomic E-state index is 0.00574. The highest BCUT2D eigenvalue weighted by atomic mass is 16.2. The van der Waals surface area contributed by atoms with Gasteiger partial charge in [0.25, 0.3) is 5.91 Å². The van der Waals surface area contributed by atoms with Crippen molar-refractivity contribution in [1.29, 1.82) is 0 Å². The molecule has 4 heteroatoms. The van der Waals surface area contributed by atoms with Crippen LogP contribution in [0.1, 0.15) is 21.5 Å². The van der Waals surface area contributed by atoms with Crippen molar-refractivity contribution in [3.63, 3.8) is 0 Å². The summed E-state index contributed by atoms with van der Waals surface area (Å²) in [5.74, 6) is 0.00574. The highest BCUT2D eigenvalue weighted by molar-refractivity contribution is 5.96. The Morgan fingerprint density at radius 2 is 1.75 bits per heavy atom. The van der Waals surface area contributed by atoms with Crippen molar-refractivity contribution < 1.29 is 4.79 Å². The van der Waals surface area contributed by atoms with Gasteiger partial charge in [-0.25, -0.2) is 0 Å². The minimum Gasteiger partial charge on any atom is -0.397 e. The summed E-state index contributed by atoms with van der Waals surface area (Å²) in [7, 11) is 0. The number of benzene rings is 2. The molecule has 20 heavy (non-hydrogen) atoms. The van der Waals surface area contributed by atoms with Crippen LogP contribution in [0.3, 0.4) is 0 Å². The van der Waals surface area contributed by atoms with Crippen LogP contribution in [-0.2, 0) is 13.0 Å². The lowest BCUT2D eigenvalue weighted by molar-refractivity contribution is 0.0735. The van der Waals surface area contributed by atoms with Gasteiger partial charge in [-0.2, -0.15) is 0 Å². The van der Waals surface area contributed by atoms with Crippen LogP contribution in [0.2, 0.25) is 0 Å². The highest BCUT2D eigenvalue weighted by Gasteiger charge is 2.21. The molecule has 0 saturated carbocycles. The Hall–Kier alpha value is -2.49. The number of amides is 1. The minimum absolute atomic E-state index is 0.00574. The molecule has 0 radical (unpaired) electrons. The van der Waals surface area contributed by atoms with Crippen LogP contribution in [0, 0.1) is 0 Å². The standard InChI is InChI=1S/C16H17N3O/c17-14-6-5-12(9-15(14)18)16(20)19-8-7-11-3-1-2-4-13(11)10-19/h1-6,9H,7-8,10,17-18H2. The number of nitrogens with two attached hydrogens (primary N) is 2. The Morgan fingerprint density at radius 3 is 2.50 bits per heavy atom. The Kier molecular flexibility index (Phi) is 3.06. The third-order valence-electron chi connectivity index (χ3n) is 3.75. The zero-order chi connectivity index (χ0) is 14.1. The van der Waals surface area contributed by atoms with E-state index in [0.717, 1.165) is 13.0 Å². The second-order valence-electron chi connectivity index (χ2n) is 5.09. The van der Waals surface area contributed by atoms with Gasteiger partial charge in [0.2, 0.25) is 0 Å². The van der Waals surface area contributed by atoms with E-state index in [-0.39, 0.29) is 5.91 Å². The van der Waals surface area contributed by atoms with Gasteiger partial charge in [0, 0.05) is 18.7 Å². The van der Waals surface area contributed by atoms with Crippen molar-refractivity contribution in [3.05, 3.63) is 59.2 Å². The van der Waals surface area contributed by atoms with E-state index >= 15 is 0 Å². The second kappa shape index (κ2) is 4.89. The maximum absolute atomic E-state index is 12.5. The number of nitrogens with zero attached hydrogens (tertiary/aromatic N) is 1. The van der Waals surface area contributed by atoms with Crippen molar-refractivity contribution in [3.8, 4) is 0 Å². The largest absolute Gasteiger partial charge is 0.397 e. The fourth-order valence-corrected chi connectivity index (χ4v) is 2.56. The van der Waals surface area contributed by atoms with Crippen molar-refractivity contribution in [2.24, 2.45) is 0 Å². The zero-order valence-corrected chi connectivity index (χ0v) is 11.2. The molecular formula is C16H17N3O. The normalized spacial score (nSPS) is 13.9. The molecule has 1 aliphatic heterocycles. The molecule has 0 unspecified atom stereocenters. The van der Waals surface area contributed by atoms with Gasteiger partial charge in [0.05, 0.1) is 11.4 Å². The third-order valence-corrected chi connectivity index (χ3v) is 3.75. The molecule has 0 saturated heterocycles. The molecule has 1 amide bonds. The maximum Gasteiger partial charge on any atom is 0.254 e. The first-order chi connectivity index (χ1) is 9.65. The van der Waals surface area contributed by atoms with Gasteiger partial charge < -0.3 is 16.4 Å². The van der Waals surface area contributed by atoms with Gasteiger partial charge in [0.15, 0.2) is 0 Å². The number of carbonyl (C=O) groups is 1. The second-order valence-corrected chi connectivity index (χ2v) is 5.09. The Labute approximate surface area is 118 Å². The fourth-order valence-electron chi connectivity index (χ4n) is 2.56. The predicted octanol–water partition coefficient (Wildman–Crippen LogP) is 2.05. The van der Waals surface area contributed by atoms with E-state index in [1.807, 2.05) is 17.0 Å². The van der Waals surface area contributed by atoms with Gasteiger partial charge in [-0.1, -0.05) is 24.3 Å². The summed E-state index contributed by atoms with van der Waals surface area (Å²) < 4.78 is 0. The van der Waals surface area contributed by atoms with Gasteiger partial charge >= 0.3 is 0 Å². The van der Waals surface area contributed by atoms with Gasteiger partial charge in [-0.15, -0.1) is 0 Å². The van der Waals surface area contributed by atoms with Crippen LogP contribution >= 0.6 is 0 Å². The molecule has 0 fully saturated rings. The molecule has 0 aromatic heterocycles. The van der Waals surface area contributed by atoms with Crippen molar-refractivity contribution in [1.82, 2.24) is 4.90 Å². The molecular weight excluding hydrogens is 250 g/mol. The summed E-state index contributed by atoms with van der Waals surface area (Å²) in [6.45, 7) is 1.39. The van der Waals surface area contributed by atoms with Crippen LogP contribution in [0.25, 0.3) is 0 Å². The molecule has 0 spiro atoms. The maximum atomic E-state index is 12.5. The first kappa shape index (κ1) is 12.5. The summed E-state index contributed by atoms with van der Waals surface area (Å²) in [6.07, 6.45) is 0.895. The average molecular weight is 267 g/mol. The van der Waals surface area contributed by atoms with E-state index < -0.39 is 0 Å². The summed E-state index contributed by atoms with van der Waals surface area (Å²) in [6, 6.07) is 13.3. The zero-order valence-electron chi connectivity index (χ0n) is 11.2. The average Bonchev–Trinajstić information content (AvgIpc) is 2.49. The van der Waals surface area contributed by atoms with Crippen LogP contribution in [0.4, 0.5) is 11.4 Å². The quantitative estimate of drug-likeness (QED) is 0.777. The molecule has 1 heterocycles. The third kappa shape index (κ3) is 2.20. The van der Waals surface area contributed by atoms with Crippen molar-refractivity contribution in [2.45, 2.75) is 13.0 Å². The highest BCUT2D eigenvalue weighted by Crippen LogP contribution is 2.22. The van der Waals surface area contributed by atoms with E-state index in [0.29, 0.717) is 23.5 Å². The van der Waals surface area contributed by atoms with E-state index in [2.05, 4.69) is 12.1 Å². The number of fused-ring (bicyclic) bond motifs is 1.